The van der Waals surface area contributed by atoms with Crippen molar-refractivity contribution in [2.45, 2.75) is 19.9 Å². The van der Waals surface area contributed by atoms with Crippen molar-refractivity contribution in [3.63, 3.8) is 0 Å². The fraction of sp³-hybridized carbons (Fsp3) is 0.211. The Labute approximate surface area is 159 Å². The number of hydrogen-bond acceptors (Lipinski definition) is 3. The highest BCUT2D eigenvalue weighted by Gasteiger charge is 2.33. The Hall–Kier alpha value is -2.22. The van der Waals surface area contributed by atoms with Crippen molar-refractivity contribution in [2.75, 3.05) is 11.4 Å². The Balaban J connectivity index is 1.81. The van der Waals surface area contributed by atoms with Crippen LogP contribution in [0.5, 0.6) is 0 Å². The van der Waals surface area contributed by atoms with Crippen molar-refractivity contribution < 1.29 is 4.79 Å². The molecule has 0 saturated carbocycles. The third-order valence-electron chi connectivity index (χ3n) is 4.49. The number of aromatic nitrogens is 3. The van der Waals surface area contributed by atoms with E-state index in [2.05, 4.69) is 39.6 Å². The molecule has 5 nitrogen and oxygen atoms in total. The van der Waals surface area contributed by atoms with Gasteiger partial charge in [0, 0.05) is 24.0 Å². The molecular weight excluding hydrogens is 427 g/mol. The zero-order valence-electron chi connectivity index (χ0n) is 14.0. The molecule has 0 bridgehead atoms. The van der Waals surface area contributed by atoms with Gasteiger partial charge in [0.15, 0.2) is 0 Å². The average Bonchev–Trinajstić information content (AvgIpc) is 3.05. The van der Waals surface area contributed by atoms with Crippen LogP contribution in [-0.4, -0.2) is 27.2 Å². The summed E-state index contributed by atoms with van der Waals surface area (Å²) < 4.78 is 2.73. The van der Waals surface area contributed by atoms with Gasteiger partial charge in [-0.1, -0.05) is 17.7 Å². The maximum absolute atomic E-state index is 13.2. The molecule has 0 aliphatic carbocycles. The molecule has 3 heterocycles. The van der Waals surface area contributed by atoms with E-state index >= 15 is 0 Å². The lowest BCUT2D eigenvalue weighted by molar-refractivity contribution is 0.0954. The number of aryl methyl sites for hydroxylation is 1. The molecule has 1 aliphatic heterocycles. The monoisotopic (exact) mass is 444 g/mol. The number of rotatable bonds is 2. The number of halogens is 1. The van der Waals surface area contributed by atoms with E-state index in [1.807, 2.05) is 52.9 Å². The number of hydrogen-bond donors (Lipinski definition) is 0. The van der Waals surface area contributed by atoms with E-state index in [-0.39, 0.29) is 11.9 Å². The topological polar surface area (TPSA) is 51.0 Å². The van der Waals surface area contributed by atoms with Crippen molar-refractivity contribution in [2.24, 2.45) is 0 Å². The summed E-state index contributed by atoms with van der Waals surface area (Å²) >= 11 is 2.18. The van der Waals surface area contributed by atoms with Crippen LogP contribution in [0.3, 0.4) is 0 Å². The van der Waals surface area contributed by atoms with Gasteiger partial charge in [-0.05, 0) is 66.3 Å². The lowest BCUT2D eigenvalue weighted by atomic mass is 10.0. The third kappa shape index (κ3) is 2.84. The minimum atomic E-state index is -0.0127. The van der Waals surface area contributed by atoms with Gasteiger partial charge in [-0.25, -0.2) is 0 Å². The first-order valence-corrected chi connectivity index (χ1v) is 9.20. The Bertz CT molecular complexity index is 948. The van der Waals surface area contributed by atoms with Crippen molar-refractivity contribution in [3.05, 3.63) is 63.7 Å². The van der Waals surface area contributed by atoms with Crippen LogP contribution in [0.2, 0.25) is 0 Å². The van der Waals surface area contributed by atoms with E-state index in [1.54, 1.807) is 12.4 Å². The lowest BCUT2D eigenvalue weighted by Crippen LogP contribution is -2.42. The molecule has 126 valence electrons. The van der Waals surface area contributed by atoms with Crippen molar-refractivity contribution >= 4 is 34.2 Å². The molecule has 1 aromatic carbocycles. The van der Waals surface area contributed by atoms with Gasteiger partial charge in [0.25, 0.3) is 5.91 Å². The first-order valence-electron chi connectivity index (χ1n) is 8.12. The molecule has 1 atom stereocenters. The molecule has 1 amide bonds. The van der Waals surface area contributed by atoms with Crippen LogP contribution in [0.1, 0.15) is 29.0 Å². The second-order valence-electron chi connectivity index (χ2n) is 6.32. The molecule has 1 aliphatic rings. The van der Waals surface area contributed by atoms with Gasteiger partial charge < -0.3 is 4.90 Å². The highest BCUT2D eigenvalue weighted by atomic mass is 127. The van der Waals surface area contributed by atoms with Crippen LogP contribution in [-0.2, 0) is 0 Å². The zero-order valence-corrected chi connectivity index (χ0v) is 16.1. The number of anilines is 1. The average molecular weight is 444 g/mol. The van der Waals surface area contributed by atoms with E-state index in [9.17, 15) is 4.79 Å². The Morgan fingerprint density at radius 3 is 2.68 bits per heavy atom. The van der Waals surface area contributed by atoms with Crippen molar-refractivity contribution in [1.82, 2.24) is 14.8 Å². The quantitative estimate of drug-likeness (QED) is 0.442. The predicted octanol–water partition coefficient (Wildman–Crippen LogP) is 4.08. The summed E-state index contributed by atoms with van der Waals surface area (Å²) in [6, 6.07) is 12.1. The first kappa shape index (κ1) is 16.3. The second kappa shape index (κ2) is 6.25. The smallest absolute Gasteiger partial charge is 0.277 e. The maximum atomic E-state index is 13.2. The van der Waals surface area contributed by atoms with Gasteiger partial charge in [-0.3, -0.25) is 14.5 Å². The third-order valence-corrected chi connectivity index (χ3v) is 5.08. The molecule has 0 fully saturated rings. The summed E-state index contributed by atoms with van der Waals surface area (Å²) in [5, 5.41) is 4.48. The van der Waals surface area contributed by atoms with Gasteiger partial charge in [0.2, 0.25) is 0 Å². The van der Waals surface area contributed by atoms with Crippen LogP contribution >= 0.6 is 22.6 Å². The molecule has 0 N–H and O–H groups in total. The van der Waals surface area contributed by atoms with Crippen molar-refractivity contribution in [1.29, 1.82) is 0 Å². The maximum Gasteiger partial charge on any atom is 0.277 e. The Morgan fingerprint density at radius 2 is 1.96 bits per heavy atom. The molecular formula is C19H17IN4O. The summed E-state index contributed by atoms with van der Waals surface area (Å²) in [4.78, 5) is 19.3. The van der Waals surface area contributed by atoms with Gasteiger partial charge >= 0.3 is 0 Å². The molecule has 25 heavy (non-hydrogen) atoms. The van der Waals surface area contributed by atoms with Gasteiger partial charge in [-0.15, -0.1) is 0 Å². The number of carbonyl (C=O) groups is 1. The second-order valence-corrected chi connectivity index (χ2v) is 7.42. The zero-order chi connectivity index (χ0) is 17.6. The minimum Gasteiger partial charge on any atom is -0.305 e. The van der Waals surface area contributed by atoms with Crippen molar-refractivity contribution in [3.8, 4) is 11.1 Å². The molecule has 0 radical (unpaired) electrons. The summed E-state index contributed by atoms with van der Waals surface area (Å²) in [7, 11) is 0. The SMILES string of the molecule is Cc1ccc(N2C[C@H](C)n3ncc(-c4ccnc(I)c4)c3C2=O)cc1. The van der Waals surface area contributed by atoms with E-state index in [0.29, 0.717) is 12.2 Å². The van der Waals surface area contributed by atoms with E-state index in [1.165, 1.54) is 5.56 Å². The number of amides is 1. The number of pyridine rings is 1. The fourth-order valence-electron chi connectivity index (χ4n) is 3.19. The molecule has 6 heteroatoms. The number of fused-ring (bicyclic) bond motifs is 1. The van der Waals surface area contributed by atoms with E-state index in [0.717, 1.165) is 20.5 Å². The number of carbonyl (C=O) groups excluding carboxylic acids is 1. The van der Waals surface area contributed by atoms with Crippen LogP contribution in [0, 0.1) is 10.6 Å². The summed E-state index contributed by atoms with van der Waals surface area (Å²) in [5.74, 6) is -0.0127. The van der Waals surface area contributed by atoms with Gasteiger partial charge in [0.1, 0.15) is 9.39 Å². The molecule has 0 unspecified atom stereocenters. The van der Waals surface area contributed by atoms with Gasteiger partial charge in [0.05, 0.1) is 12.2 Å². The summed E-state index contributed by atoms with van der Waals surface area (Å²) in [5.41, 5.74) is 4.56. The molecule has 0 spiro atoms. The van der Waals surface area contributed by atoms with E-state index in [4.69, 9.17) is 0 Å². The largest absolute Gasteiger partial charge is 0.305 e. The van der Waals surface area contributed by atoms with E-state index < -0.39 is 0 Å². The Morgan fingerprint density at radius 1 is 1.20 bits per heavy atom. The minimum absolute atomic E-state index is 0.0127. The van der Waals surface area contributed by atoms with Crippen LogP contribution < -0.4 is 4.90 Å². The van der Waals surface area contributed by atoms with Gasteiger partial charge in [-0.2, -0.15) is 5.10 Å². The Kier molecular flexibility index (Phi) is 4.07. The first-order chi connectivity index (χ1) is 12.0. The number of nitrogens with zero attached hydrogens (tertiary/aromatic N) is 4. The van der Waals surface area contributed by atoms with Crippen LogP contribution in [0.25, 0.3) is 11.1 Å². The van der Waals surface area contributed by atoms with Crippen LogP contribution in [0.15, 0.2) is 48.8 Å². The highest BCUT2D eigenvalue weighted by Crippen LogP contribution is 2.32. The standard InChI is InChI=1S/C19H17IN4O/c1-12-3-5-15(6-4-12)23-11-13(2)24-18(19(23)25)16(10-22-24)14-7-8-21-17(20)9-14/h3-10,13H,11H2,1-2H3/t13-/m0/s1. The summed E-state index contributed by atoms with van der Waals surface area (Å²) in [6.07, 6.45) is 3.55. The normalized spacial score (nSPS) is 16.8. The predicted molar refractivity (Wildman–Crippen MR) is 106 cm³/mol. The lowest BCUT2D eigenvalue weighted by Gasteiger charge is -2.32. The molecule has 3 aromatic rings. The van der Waals surface area contributed by atoms with Crippen LogP contribution in [0.4, 0.5) is 5.69 Å². The fourth-order valence-corrected chi connectivity index (χ4v) is 3.69. The molecule has 0 saturated heterocycles. The molecule has 2 aromatic heterocycles. The highest BCUT2D eigenvalue weighted by molar-refractivity contribution is 14.1. The number of benzene rings is 1. The summed E-state index contributed by atoms with van der Waals surface area (Å²) in [6.45, 7) is 4.75. The molecule has 4 rings (SSSR count).